The maximum atomic E-state index is 5.11. The van der Waals surface area contributed by atoms with Crippen molar-refractivity contribution < 1.29 is 0 Å². The highest BCUT2D eigenvalue weighted by molar-refractivity contribution is 7.84. The average Bonchev–Trinajstić information content (AvgIpc) is 1.30. The lowest BCUT2D eigenvalue weighted by atomic mass is 11.4. The maximum Gasteiger partial charge on any atom is 0.0832 e. The van der Waals surface area contributed by atoms with Gasteiger partial charge in [-0.25, -0.2) is 0 Å². The third kappa shape index (κ3) is 6.21. The van der Waals surface area contributed by atoms with Gasteiger partial charge in [0.25, 0.3) is 0 Å². The van der Waals surface area contributed by atoms with Gasteiger partial charge >= 0.3 is 0 Å². The van der Waals surface area contributed by atoms with Crippen molar-refractivity contribution in [3.05, 3.63) is 0 Å². The fourth-order valence-corrected chi connectivity index (χ4v) is 1.95. The van der Waals surface area contributed by atoms with E-state index in [1.54, 1.807) is 0 Å². The topological polar surface area (TPSA) is 0 Å². The summed E-state index contributed by atoms with van der Waals surface area (Å²) >= 11 is 0. The Bertz CT molecular complexity index is 85.2. The van der Waals surface area contributed by atoms with E-state index in [4.69, 9.17) is 6.42 Å². The van der Waals surface area contributed by atoms with Crippen LogP contribution in [0.2, 0.25) is 19.6 Å². The van der Waals surface area contributed by atoms with Gasteiger partial charge in [0.2, 0.25) is 0 Å². The van der Waals surface area contributed by atoms with Gasteiger partial charge in [-0.1, -0.05) is 33.4 Å². The van der Waals surface area contributed by atoms with Gasteiger partial charge in [0.1, 0.15) is 0 Å². The molecule has 2 heteroatoms. The molecule has 0 N–H and O–H groups in total. The van der Waals surface area contributed by atoms with E-state index in [-0.39, 0.29) is 0 Å². The lowest BCUT2D eigenvalue weighted by Crippen LogP contribution is -2.09. The van der Waals surface area contributed by atoms with Crippen LogP contribution in [0.4, 0.5) is 0 Å². The summed E-state index contributed by atoms with van der Waals surface area (Å²) in [4.78, 5) is 0. The monoisotopic (exact) mass is 130 g/mol. The number of hydrogen-bond acceptors (Lipinski definition) is 0. The van der Waals surface area contributed by atoms with Gasteiger partial charge in [-0.2, -0.15) is 0 Å². The van der Waals surface area contributed by atoms with Crippen molar-refractivity contribution in [1.29, 1.82) is 0 Å². The molecule has 0 aromatic heterocycles. The zero-order valence-corrected chi connectivity index (χ0v) is 7.08. The first-order chi connectivity index (χ1) is 3.06. The third-order valence-electron chi connectivity index (χ3n) is 0.447. The molecule has 1 atom stereocenters. The van der Waals surface area contributed by atoms with E-state index in [1.807, 2.05) is 0 Å². The molecule has 0 aromatic carbocycles. The first-order valence-corrected chi connectivity index (χ1v) is 7.79. The Morgan fingerprint density at radius 2 is 1.86 bits per heavy atom. The predicted octanol–water partition coefficient (Wildman–Crippen LogP) is 2.09. The Morgan fingerprint density at radius 1 is 1.43 bits per heavy atom. The number of hydrogen-bond donors (Lipinski definition) is 0. The smallest absolute Gasteiger partial charge is 0.0832 e. The Morgan fingerprint density at radius 3 is 1.86 bits per heavy atom. The lowest BCUT2D eigenvalue weighted by molar-refractivity contribution is 1.87. The molecule has 0 aromatic rings. The van der Waals surface area contributed by atoms with E-state index < -0.39 is 7.74 Å². The molecular weight excluding hydrogens is 119 g/mol. The molecule has 0 bridgehead atoms. The fraction of sp³-hybridized carbons (Fsp3) is 0.600. The molecule has 0 aliphatic rings. The molecule has 0 fully saturated rings. The quantitative estimate of drug-likeness (QED) is 0.289. The molecule has 0 aliphatic carbocycles. The second kappa shape index (κ2) is 2.50. The molecule has 0 radical (unpaired) electrons. The van der Waals surface area contributed by atoms with Crippen LogP contribution in [-0.2, 0) is 0 Å². The largest absolute Gasteiger partial charge is 0.116 e. The van der Waals surface area contributed by atoms with Gasteiger partial charge in [-0.05, 0) is 0 Å². The summed E-state index contributed by atoms with van der Waals surface area (Å²) in [5.74, 6) is 0. The lowest BCUT2D eigenvalue weighted by Gasteiger charge is -2.08. The van der Waals surface area contributed by atoms with Crippen LogP contribution in [-0.4, -0.2) is 7.74 Å². The fourth-order valence-electron chi connectivity index (χ4n) is 0.217. The minimum atomic E-state index is -0.866. The molecule has 0 saturated heterocycles. The third-order valence-corrected chi connectivity index (χ3v) is 4.02. The number of terminal acetylenes is 1. The van der Waals surface area contributed by atoms with Gasteiger partial charge in [0.05, 0.1) is 7.74 Å². The highest BCUT2D eigenvalue weighted by Gasteiger charge is 2.09. The molecule has 0 spiro atoms. The van der Waals surface area contributed by atoms with E-state index in [1.165, 1.54) is 0 Å². The molecule has 0 heterocycles. The van der Waals surface area contributed by atoms with E-state index in [0.717, 1.165) is 8.13 Å². The van der Waals surface area contributed by atoms with E-state index >= 15 is 0 Å². The Balaban J connectivity index is 3.40. The second-order valence-corrected chi connectivity index (χ2v) is 12.8. The van der Waals surface area contributed by atoms with Crippen LogP contribution < -0.4 is 0 Å². The van der Waals surface area contributed by atoms with Crippen molar-refractivity contribution in [1.82, 2.24) is 0 Å². The molecular formula is C5H11PSi. The summed E-state index contributed by atoms with van der Waals surface area (Å²) < 4.78 is 0. The van der Waals surface area contributed by atoms with Crippen LogP contribution >= 0.6 is 8.13 Å². The molecule has 1 unspecified atom stereocenters. The van der Waals surface area contributed by atoms with Gasteiger partial charge in [-0.15, -0.1) is 6.42 Å². The van der Waals surface area contributed by atoms with Crippen molar-refractivity contribution in [2.75, 3.05) is 0 Å². The summed E-state index contributed by atoms with van der Waals surface area (Å²) in [6, 6.07) is 0. The highest BCUT2D eigenvalue weighted by atomic mass is 31.3. The van der Waals surface area contributed by atoms with E-state index in [0.29, 0.717) is 0 Å². The summed E-state index contributed by atoms with van der Waals surface area (Å²) in [5.41, 5.74) is 2.70. The Labute approximate surface area is 48.3 Å². The van der Waals surface area contributed by atoms with E-state index in [2.05, 4.69) is 25.3 Å². The summed E-state index contributed by atoms with van der Waals surface area (Å²) in [7, 11) is -0.0747. The Hall–Kier alpha value is 0.207. The van der Waals surface area contributed by atoms with Crippen molar-refractivity contribution >= 4 is 15.9 Å². The second-order valence-electron chi connectivity index (χ2n) is 2.52. The average molecular weight is 130 g/mol. The molecule has 0 saturated carbocycles. The standard InChI is InChI=1S/C5H11PSi/c1-5-6-7(2,3)4/h1,6H,2-4H3. The summed E-state index contributed by atoms with van der Waals surface area (Å²) in [5, 5.41) is 0. The van der Waals surface area contributed by atoms with Crippen LogP contribution in [0.5, 0.6) is 0 Å². The van der Waals surface area contributed by atoms with Crippen LogP contribution in [0, 0.1) is 12.1 Å². The van der Waals surface area contributed by atoms with Gasteiger partial charge in [-0.3, -0.25) is 0 Å². The minimum absolute atomic E-state index is 0.791. The SMILES string of the molecule is C#CP[Si](C)(C)C. The minimum Gasteiger partial charge on any atom is -0.116 e. The van der Waals surface area contributed by atoms with Crippen molar-refractivity contribution in [2.45, 2.75) is 19.6 Å². The molecule has 7 heavy (non-hydrogen) atoms. The predicted molar refractivity (Wildman–Crippen MR) is 40.5 cm³/mol. The molecule has 0 nitrogen and oxygen atoms in total. The molecule has 0 amide bonds. The highest BCUT2D eigenvalue weighted by Crippen LogP contribution is 2.23. The maximum absolute atomic E-state index is 5.11. The van der Waals surface area contributed by atoms with Gasteiger partial charge < -0.3 is 0 Å². The van der Waals surface area contributed by atoms with Crippen molar-refractivity contribution in [3.8, 4) is 12.1 Å². The van der Waals surface area contributed by atoms with Gasteiger partial charge in [0, 0.05) is 0 Å². The van der Waals surface area contributed by atoms with E-state index in [9.17, 15) is 0 Å². The Kier molecular flexibility index (Phi) is 2.57. The molecule has 0 rings (SSSR count). The number of rotatable bonds is 1. The van der Waals surface area contributed by atoms with Crippen molar-refractivity contribution in [2.24, 2.45) is 0 Å². The zero-order valence-electron chi connectivity index (χ0n) is 5.08. The summed E-state index contributed by atoms with van der Waals surface area (Å²) in [6.45, 7) is 6.85. The normalized spacial score (nSPS) is 12.3. The van der Waals surface area contributed by atoms with Crippen LogP contribution in [0.15, 0.2) is 0 Å². The molecule has 40 valence electrons. The van der Waals surface area contributed by atoms with Gasteiger partial charge in [0.15, 0.2) is 0 Å². The summed E-state index contributed by atoms with van der Waals surface area (Å²) in [6.07, 6.45) is 5.11. The zero-order chi connectivity index (χ0) is 5.91. The van der Waals surface area contributed by atoms with Crippen LogP contribution in [0.25, 0.3) is 0 Å². The molecule has 0 aliphatic heterocycles. The van der Waals surface area contributed by atoms with Crippen LogP contribution in [0.1, 0.15) is 0 Å². The first kappa shape index (κ1) is 7.21. The van der Waals surface area contributed by atoms with Crippen molar-refractivity contribution in [3.63, 3.8) is 0 Å². The van der Waals surface area contributed by atoms with Crippen LogP contribution in [0.3, 0.4) is 0 Å². The first-order valence-electron chi connectivity index (χ1n) is 2.29.